The second kappa shape index (κ2) is 5.46. The van der Waals surface area contributed by atoms with Crippen molar-refractivity contribution in [1.82, 2.24) is 0 Å². The van der Waals surface area contributed by atoms with Crippen LogP contribution in [0, 0.1) is 17.5 Å². The predicted molar refractivity (Wildman–Crippen MR) is 71.6 cm³/mol. The number of carbonyl (C=O) groups is 1. The van der Waals surface area contributed by atoms with Gasteiger partial charge in [-0.15, -0.1) is 0 Å². The molecule has 0 aliphatic rings. The molecule has 0 aliphatic carbocycles. The van der Waals surface area contributed by atoms with Crippen LogP contribution in [0.3, 0.4) is 0 Å². The Kier molecular flexibility index (Phi) is 4.10. The van der Waals surface area contributed by atoms with Gasteiger partial charge in [-0.05, 0) is 56.1 Å². The van der Waals surface area contributed by atoms with Crippen molar-refractivity contribution in [2.75, 3.05) is 0 Å². The SMILES string of the molecule is O=C(c1cc(F)c(Br)cc1F)c1cccc(Br)c1F. The van der Waals surface area contributed by atoms with Crippen LogP contribution in [0.1, 0.15) is 15.9 Å². The minimum absolute atomic E-state index is 0.0799. The molecule has 0 spiro atoms. The van der Waals surface area contributed by atoms with Gasteiger partial charge in [0.15, 0.2) is 5.78 Å². The second-order valence-electron chi connectivity index (χ2n) is 3.68. The van der Waals surface area contributed by atoms with Crippen LogP contribution >= 0.6 is 31.9 Å². The summed E-state index contributed by atoms with van der Waals surface area (Å²) < 4.78 is 40.7. The molecular formula is C13H5Br2F3O. The highest BCUT2D eigenvalue weighted by molar-refractivity contribution is 9.10. The molecule has 0 aliphatic heterocycles. The van der Waals surface area contributed by atoms with Crippen molar-refractivity contribution in [3.8, 4) is 0 Å². The van der Waals surface area contributed by atoms with Gasteiger partial charge in [-0.25, -0.2) is 13.2 Å². The molecule has 0 bridgehead atoms. The Hall–Kier alpha value is -1.14. The van der Waals surface area contributed by atoms with Crippen molar-refractivity contribution >= 4 is 37.6 Å². The summed E-state index contributed by atoms with van der Waals surface area (Å²) in [6.07, 6.45) is 0. The van der Waals surface area contributed by atoms with E-state index >= 15 is 0 Å². The van der Waals surface area contributed by atoms with Gasteiger partial charge in [0.05, 0.1) is 20.1 Å². The van der Waals surface area contributed by atoms with Gasteiger partial charge in [-0.1, -0.05) is 6.07 Å². The lowest BCUT2D eigenvalue weighted by Crippen LogP contribution is -2.08. The van der Waals surface area contributed by atoms with Gasteiger partial charge in [0, 0.05) is 0 Å². The smallest absolute Gasteiger partial charge is 0.199 e. The van der Waals surface area contributed by atoms with Crippen LogP contribution in [0.4, 0.5) is 13.2 Å². The first-order valence-corrected chi connectivity index (χ1v) is 6.63. The summed E-state index contributed by atoms with van der Waals surface area (Å²) in [4.78, 5) is 12.0. The maximum atomic E-state index is 13.8. The molecule has 2 aromatic carbocycles. The Bertz CT molecular complexity index is 671. The fraction of sp³-hybridized carbons (Fsp3) is 0. The molecule has 0 N–H and O–H groups in total. The van der Waals surface area contributed by atoms with Gasteiger partial charge in [0.1, 0.15) is 17.5 Å². The van der Waals surface area contributed by atoms with Crippen LogP contribution in [-0.2, 0) is 0 Å². The molecule has 0 radical (unpaired) electrons. The van der Waals surface area contributed by atoms with Gasteiger partial charge >= 0.3 is 0 Å². The fourth-order valence-electron chi connectivity index (χ4n) is 1.52. The summed E-state index contributed by atoms with van der Waals surface area (Å²) in [5, 5.41) is 0. The number of carbonyl (C=O) groups excluding carboxylic acids is 1. The summed E-state index contributed by atoms with van der Waals surface area (Å²) in [5.41, 5.74) is -0.840. The number of halogens is 5. The number of ketones is 1. The molecule has 1 nitrogen and oxygen atoms in total. The molecule has 0 saturated heterocycles. The number of rotatable bonds is 2. The van der Waals surface area contributed by atoms with Gasteiger partial charge in [-0.2, -0.15) is 0 Å². The molecule has 0 aromatic heterocycles. The lowest BCUT2D eigenvalue weighted by molar-refractivity contribution is 0.103. The molecule has 0 amide bonds. The molecular weight excluding hydrogens is 389 g/mol. The first-order chi connectivity index (χ1) is 8.91. The van der Waals surface area contributed by atoms with Crippen molar-refractivity contribution in [2.45, 2.75) is 0 Å². The Morgan fingerprint density at radius 1 is 0.895 bits per heavy atom. The molecule has 6 heteroatoms. The third kappa shape index (κ3) is 2.74. The fourth-order valence-corrected chi connectivity index (χ4v) is 2.20. The van der Waals surface area contributed by atoms with Crippen LogP contribution < -0.4 is 0 Å². The molecule has 0 saturated carbocycles. The zero-order chi connectivity index (χ0) is 14.2. The van der Waals surface area contributed by atoms with E-state index in [4.69, 9.17) is 0 Å². The third-order valence-corrected chi connectivity index (χ3v) is 3.67. The molecule has 0 atom stereocenters. The van der Waals surface area contributed by atoms with E-state index in [9.17, 15) is 18.0 Å². The van der Waals surface area contributed by atoms with E-state index in [0.29, 0.717) is 0 Å². The van der Waals surface area contributed by atoms with Crippen molar-refractivity contribution < 1.29 is 18.0 Å². The highest BCUT2D eigenvalue weighted by Crippen LogP contribution is 2.25. The molecule has 0 fully saturated rings. The molecule has 0 heterocycles. The predicted octanol–water partition coefficient (Wildman–Crippen LogP) is 4.86. The number of hydrogen-bond donors (Lipinski definition) is 0. The van der Waals surface area contributed by atoms with Crippen LogP contribution in [-0.4, -0.2) is 5.78 Å². The van der Waals surface area contributed by atoms with E-state index in [2.05, 4.69) is 31.9 Å². The maximum absolute atomic E-state index is 13.8. The van der Waals surface area contributed by atoms with Gasteiger partial charge in [-0.3, -0.25) is 4.79 Å². The van der Waals surface area contributed by atoms with E-state index in [-0.39, 0.29) is 14.5 Å². The van der Waals surface area contributed by atoms with Crippen molar-refractivity contribution in [3.63, 3.8) is 0 Å². The highest BCUT2D eigenvalue weighted by atomic mass is 79.9. The average Bonchev–Trinajstić information content (AvgIpc) is 2.36. The summed E-state index contributed by atoms with van der Waals surface area (Å²) in [5.74, 6) is -3.43. The Labute approximate surface area is 123 Å². The lowest BCUT2D eigenvalue weighted by atomic mass is 10.0. The Morgan fingerprint density at radius 3 is 2.26 bits per heavy atom. The standard InChI is InChI=1S/C13H5Br2F3O/c14-8-3-1-2-6(12(8)18)13(19)7-4-11(17)9(15)5-10(7)16/h1-5H. The van der Waals surface area contributed by atoms with Crippen LogP contribution in [0.25, 0.3) is 0 Å². The van der Waals surface area contributed by atoms with Crippen LogP contribution in [0.5, 0.6) is 0 Å². The highest BCUT2D eigenvalue weighted by Gasteiger charge is 2.20. The van der Waals surface area contributed by atoms with E-state index in [1.54, 1.807) is 0 Å². The van der Waals surface area contributed by atoms with Gasteiger partial charge in [0.25, 0.3) is 0 Å². The van der Waals surface area contributed by atoms with Crippen molar-refractivity contribution in [1.29, 1.82) is 0 Å². The Morgan fingerprint density at radius 2 is 1.58 bits per heavy atom. The first kappa shape index (κ1) is 14.3. The number of benzene rings is 2. The number of hydrogen-bond acceptors (Lipinski definition) is 1. The van der Waals surface area contributed by atoms with Gasteiger partial charge in [0.2, 0.25) is 0 Å². The third-order valence-electron chi connectivity index (χ3n) is 2.45. The zero-order valence-electron chi connectivity index (χ0n) is 9.18. The van der Waals surface area contributed by atoms with E-state index < -0.39 is 28.8 Å². The van der Waals surface area contributed by atoms with Gasteiger partial charge < -0.3 is 0 Å². The molecule has 19 heavy (non-hydrogen) atoms. The lowest BCUT2D eigenvalue weighted by Gasteiger charge is -2.06. The zero-order valence-corrected chi connectivity index (χ0v) is 12.4. The summed E-state index contributed by atoms with van der Waals surface area (Å²) >= 11 is 5.73. The summed E-state index contributed by atoms with van der Waals surface area (Å²) in [6, 6.07) is 5.63. The monoisotopic (exact) mass is 392 g/mol. The van der Waals surface area contributed by atoms with E-state index in [1.807, 2.05) is 0 Å². The molecule has 2 rings (SSSR count). The minimum Gasteiger partial charge on any atom is -0.288 e. The summed E-state index contributed by atoms with van der Waals surface area (Å²) in [6.45, 7) is 0. The molecule has 0 unspecified atom stereocenters. The van der Waals surface area contributed by atoms with Crippen molar-refractivity contribution in [3.05, 3.63) is 67.9 Å². The molecule has 2 aromatic rings. The van der Waals surface area contributed by atoms with Crippen LogP contribution in [0.15, 0.2) is 39.3 Å². The minimum atomic E-state index is -0.919. The second-order valence-corrected chi connectivity index (χ2v) is 5.39. The van der Waals surface area contributed by atoms with Crippen molar-refractivity contribution in [2.24, 2.45) is 0 Å². The normalized spacial score (nSPS) is 10.6. The Balaban J connectivity index is 2.56. The van der Waals surface area contributed by atoms with Crippen LogP contribution in [0.2, 0.25) is 0 Å². The molecule has 98 valence electrons. The summed E-state index contributed by atoms with van der Waals surface area (Å²) in [7, 11) is 0. The maximum Gasteiger partial charge on any atom is 0.199 e. The average molecular weight is 394 g/mol. The quantitative estimate of drug-likeness (QED) is 0.526. The first-order valence-electron chi connectivity index (χ1n) is 5.05. The topological polar surface area (TPSA) is 17.1 Å². The van der Waals surface area contributed by atoms with E-state index in [0.717, 1.165) is 12.1 Å². The van der Waals surface area contributed by atoms with E-state index in [1.165, 1.54) is 18.2 Å². The largest absolute Gasteiger partial charge is 0.288 e.